The molecule has 0 aliphatic carbocycles. The smallest absolute Gasteiger partial charge is 0.246 e. The molecule has 0 bridgehead atoms. The zero-order valence-electron chi connectivity index (χ0n) is 18.3. The monoisotopic (exact) mass is 460 g/mol. The lowest BCUT2D eigenvalue weighted by molar-refractivity contribution is -0.125. The highest BCUT2D eigenvalue weighted by molar-refractivity contribution is 7.15. The number of aromatic nitrogens is 4. The third-order valence-electron chi connectivity index (χ3n) is 5.56. The van der Waals surface area contributed by atoms with Crippen LogP contribution in [-0.4, -0.2) is 49.5 Å². The van der Waals surface area contributed by atoms with Gasteiger partial charge in [0.1, 0.15) is 11.9 Å². The van der Waals surface area contributed by atoms with Gasteiger partial charge in [-0.15, -0.1) is 11.3 Å². The molecule has 5 heterocycles. The van der Waals surface area contributed by atoms with Crippen molar-refractivity contribution in [3.8, 4) is 5.88 Å². The number of pyridine rings is 2. The number of aryl methyl sites for hydroxylation is 1. The maximum Gasteiger partial charge on any atom is 0.246 e. The third-order valence-corrected chi connectivity index (χ3v) is 6.38. The molecule has 1 atom stereocenters. The van der Waals surface area contributed by atoms with E-state index in [0.717, 1.165) is 33.0 Å². The van der Waals surface area contributed by atoms with Crippen LogP contribution in [0, 0.1) is 6.92 Å². The zero-order chi connectivity index (χ0) is 22.8. The molecule has 4 aromatic heterocycles. The number of carbonyl (C=O) groups is 1. The molecule has 1 unspecified atom stereocenters. The SMILES string of the molecule is C=CC(=O)N1CCC(Oc2nc(Nc3ncc(C)s3)cc3c2ccn3Cc2ccccn2)C1. The molecule has 4 aromatic rings. The fourth-order valence-corrected chi connectivity index (χ4v) is 4.62. The summed E-state index contributed by atoms with van der Waals surface area (Å²) in [6.45, 7) is 7.40. The first-order valence-electron chi connectivity index (χ1n) is 10.8. The number of nitrogens with one attached hydrogen (secondary N) is 1. The van der Waals surface area contributed by atoms with Crippen LogP contribution in [0.3, 0.4) is 0 Å². The Hall–Kier alpha value is -3.72. The van der Waals surface area contributed by atoms with E-state index < -0.39 is 0 Å². The predicted octanol–water partition coefficient (Wildman–Crippen LogP) is 4.15. The molecule has 168 valence electrons. The fourth-order valence-electron chi connectivity index (χ4n) is 3.95. The lowest BCUT2D eigenvalue weighted by Crippen LogP contribution is -2.29. The average Bonchev–Trinajstić information content (AvgIpc) is 3.55. The molecule has 1 amide bonds. The van der Waals surface area contributed by atoms with Crippen LogP contribution in [0.1, 0.15) is 17.0 Å². The van der Waals surface area contributed by atoms with E-state index in [0.29, 0.717) is 31.3 Å². The molecule has 1 saturated heterocycles. The number of hydrogen-bond donors (Lipinski definition) is 1. The van der Waals surface area contributed by atoms with Crippen LogP contribution in [0.15, 0.2) is 61.6 Å². The van der Waals surface area contributed by atoms with Crippen molar-refractivity contribution in [2.24, 2.45) is 0 Å². The van der Waals surface area contributed by atoms with Crippen molar-refractivity contribution in [2.75, 3.05) is 18.4 Å². The van der Waals surface area contributed by atoms with Crippen LogP contribution in [0.2, 0.25) is 0 Å². The number of anilines is 2. The van der Waals surface area contributed by atoms with Gasteiger partial charge in [0.25, 0.3) is 0 Å². The van der Waals surface area contributed by atoms with Gasteiger partial charge < -0.3 is 19.5 Å². The third kappa shape index (κ3) is 4.58. The number of fused-ring (bicyclic) bond motifs is 1. The maximum absolute atomic E-state index is 12.0. The van der Waals surface area contributed by atoms with Crippen LogP contribution in [0.25, 0.3) is 10.9 Å². The van der Waals surface area contributed by atoms with Gasteiger partial charge >= 0.3 is 0 Å². The quantitative estimate of drug-likeness (QED) is 0.417. The van der Waals surface area contributed by atoms with E-state index in [1.165, 1.54) is 6.08 Å². The van der Waals surface area contributed by atoms with Crippen molar-refractivity contribution in [3.05, 3.63) is 72.1 Å². The minimum absolute atomic E-state index is 0.0738. The molecule has 1 aliphatic rings. The highest BCUT2D eigenvalue weighted by atomic mass is 32.1. The number of ether oxygens (including phenoxy) is 1. The summed E-state index contributed by atoms with van der Waals surface area (Å²) < 4.78 is 8.47. The first kappa shape index (κ1) is 21.1. The Balaban J connectivity index is 1.48. The van der Waals surface area contributed by atoms with Crippen LogP contribution >= 0.6 is 11.3 Å². The standard InChI is InChI=1S/C24H24N6O2S/c1-3-22(31)30-10-7-18(15-30)32-23-19-8-11-29(14-17-6-4-5-9-25-17)20(19)12-21(27-23)28-24-26-13-16(2)33-24/h3-6,8-9,11-13,18H,1,7,10,14-15H2,2H3,(H,26,27,28). The number of likely N-dealkylation sites (tertiary alicyclic amines) is 1. The summed E-state index contributed by atoms with van der Waals surface area (Å²) in [4.78, 5) is 28.5. The van der Waals surface area contributed by atoms with Crippen molar-refractivity contribution in [3.63, 3.8) is 0 Å². The van der Waals surface area contributed by atoms with E-state index in [1.54, 1.807) is 22.4 Å². The number of rotatable bonds is 7. The molecule has 0 radical (unpaired) electrons. The topological polar surface area (TPSA) is 85.2 Å². The van der Waals surface area contributed by atoms with Gasteiger partial charge in [0.2, 0.25) is 11.8 Å². The summed E-state index contributed by atoms with van der Waals surface area (Å²) in [5, 5.41) is 5.00. The second-order valence-corrected chi connectivity index (χ2v) is 9.16. The van der Waals surface area contributed by atoms with Crippen LogP contribution in [-0.2, 0) is 11.3 Å². The van der Waals surface area contributed by atoms with Gasteiger partial charge in [0.05, 0.1) is 29.7 Å². The summed E-state index contributed by atoms with van der Waals surface area (Å²) in [5.41, 5.74) is 1.95. The van der Waals surface area contributed by atoms with Crippen LogP contribution in [0.4, 0.5) is 10.9 Å². The van der Waals surface area contributed by atoms with E-state index in [4.69, 9.17) is 9.72 Å². The van der Waals surface area contributed by atoms with Gasteiger partial charge in [-0.2, -0.15) is 4.98 Å². The highest BCUT2D eigenvalue weighted by Gasteiger charge is 2.27. The maximum atomic E-state index is 12.0. The van der Waals surface area contributed by atoms with E-state index in [2.05, 4.69) is 26.4 Å². The summed E-state index contributed by atoms with van der Waals surface area (Å²) in [5.74, 6) is 1.13. The lowest BCUT2D eigenvalue weighted by Gasteiger charge is -2.17. The zero-order valence-corrected chi connectivity index (χ0v) is 19.1. The molecule has 33 heavy (non-hydrogen) atoms. The Morgan fingerprint density at radius 2 is 2.27 bits per heavy atom. The predicted molar refractivity (Wildman–Crippen MR) is 129 cm³/mol. The minimum Gasteiger partial charge on any atom is -0.472 e. The summed E-state index contributed by atoms with van der Waals surface area (Å²) in [6, 6.07) is 9.92. The largest absolute Gasteiger partial charge is 0.472 e. The average molecular weight is 461 g/mol. The first-order chi connectivity index (χ1) is 16.1. The number of nitrogens with zero attached hydrogens (tertiary/aromatic N) is 5. The van der Waals surface area contributed by atoms with E-state index >= 15 is 0 Å². The van der Waals surface area contributed by atoms with Crippen molar-refractivity contribution >= 4 is 39.1 Å². The molecule has 5 rings (SSSR count). The van der Waals surface area contributed by atoms with E-state index in [-0.39, 0.29) is 12.0 Å². The lowest BCUT2D eigenvalue weighted by atomic mass is 10.3. The molecule has 1 aliphatic heterocycles. The van der Waals surface area contributed by atoms with E-state index in [1.807, 2.05) is 49.6 Å². The molecular formula is C24H24N6O2S. The Bertz CT molecular complexity index is 1300. The number of carbonyl (C=O) groups excluding carboxylic acids is 1. The second-order valence-electron chi connectivity index (χ2n) is 7.93. The van der Waals surface area contributed by atoms with Crippen molar-refractivity contribution in [1.29, 1.82) is 0 Å². The normalized spacial score (nSPS) is 15.7. The number of thiazole rings is 1. The van der Waals surface area contributed by atoms with Gasteiger partial charge in [-0.25, -0.2) is 4.98 Å². The van der Waals surface area contributed by atoms with Crippen LogP contribution in [0.5, 0.6) is 5.88 Å². The highest BCUT2D eigenvalue weighted by Crippen LogP contribution is 2.32. The fraction of sp³-hybridized carbons (Fsp3) is 0.250. The second kappa shape index (κ2) is 9.03. The Kier molecular flexibility index (Phi) is 5.78. The van der Waals surface area contributed by atoms with E-state index in [9.17, 15) is 4.79 Å². The van der Waals surface area contributed by atoms with Gasteiger partial charge in [0, 0.05) is 42.5 Å². The summed E-state index contributed by atoms with van der Waals surface area (Å²) in [7, 11) is 0. The molecule has 0 saturated carbocycles. The number of amides is 1. The van der Waals surface area contributed by atoms with Crippen LogP contribution < -0.4 is 10.1 Å². The first-order valence-corrected chi connectivity index (χ1v) is 11.6. The molecule has 0 spiro atoms. The number of hydrogen-bond acceptors (Lipinski definition) is 7. The van der Waals surface area contributed by atoms with Crippen molar-refractivity contribution < 1.29 is 9.53 Å². The molecular weight excluding hydrogens is 436 g/mol. The van der Waals surface area contributed by atoms with Gasteiger partial charge in [0.15, 0.2) is 5.13 Å². The molecule has 1 fully saturated rings. The molecule has 0 aromatic carbocycles. The molecule has 8 nitrogen and oxygen atoms in total. The molecule has 1 N–H and O–H groups in total. The van der Waals surface area contributed by atoms with Crippen molar-refractivity contribution in [2.45, 2.75) is 26.0 Å². The Morgan fingerprint density at radius 3 is 3.03 bits per heavy atom. The van der Waals surface area contributed by atoms with Gasteiger partial charge in [-0.1, -0.05) is 12.6 Å². The molecule has 9 heteroatoms. The Labute approximate surface area is 195 Å². The van der Waals surface area contributed by atoms with Gasteiger partial charge in [-0.05, 0) is 31.2 Å². The summed E-state index contributed by atoms with van der Waals surface area (Å²) in [6.07, 6.45) is 7.62. The Morgan fingerprint density at radius 1 is 1.36 bits per heavy atom. The van der Waals surface area contributed by atoms with Crippen molar-refractivity contribution in [1.82, 2.24) is 24.4 Å². The van der Waals surface area contributed by atoms with Gasteiger partial charge in [-0.3, -0.25) is 9.78 Å². The summed E-state index contributed by atoms with van der Waals surface area (Å²) >= 11 is 1.57. The minimum atomic E-state index is -0.124.